The number of carbonyl (C=O) groups is 1. The van der Waals surface area contributed by atoms with Crippen molar-refractivity contribution in [2.24, 2.45) is 0 Å². The zero-order chi connectivity index (χ0) is 14.2. The van der Waals surface area contributed by atoms with Crippen molar-refractivity contribution in [3.63, 3.8) is 0 Å². The van der Waals surface area contributed by atoms with Crippen LogP contribution in [0.25, 0.3) is 0 Å². The number of carbonyl (C=O) groups excluding carboxylic acids is 1. The number of nitrogens with zero attached hydrogens (tertiary/aromatic N) is 1. The topological polar surface area (TPSA) is 50.8 Å². The molecule has 0 saturated carbocycles. The van der Waals surface area contributed by atoms with Gasteiger partial charge in [-0.25, -0.2) is 0 Å². The van der Waals surface area contributed by atoms with Crippen LogP contribution in [-0.4, -0.2) is 52.5 Å². The maximum Gasteiger partial charge on any atom is 0.251 e. The van der Waals surface area contributed by atoms with Crippen molar-refractivity contribution in [1.29, 1.82) is 0 Å². The zero-order valence-electron chi connectivity index (χ0n) is 11.9. The van der Waals surface area contributed by atoms with Gasteiger partial charge in [-0.15, -0.1) is 0 Å². The lowest BCUT2D eigenvalue weighted by atomic mass is 10.1. The second-order valence-electron chi connectivity index (χ2n) is 4.75. The van der Waals surface area contributed by atoms with Crippen molar-refractivity contribution in [2.45, 2.75) is 6.42 Å². The predicted molar refractivity (Wildman–Crippen MR) is 78.3 cm³/mol. The van der Waals surface area contributed by atoms with Crippen LogP contribution in [0.4, 0.5) is 5.69 Å². The van der Waals surface area contributed by atoms with E-state index in [4.69, 9.17) is 9.47 Å². The lowest BCUT2D eigenvalue weighted by Gasteiger charge is -2.28. The molecule has 2 rings (SSSR count). The molecule has 0 spiro atoms. The molecule has 1 N–H and O–H groups in total. The summed E-state index contributed by atoms with van der Waals surface area (Å²) in [6.45, 7) is 4.64. The number of hydrogen-bond acceptors (Lipinski definition) is 4. The number of benzene rings is 1. The lowest BCUT2D eigenvalue weighted by molar-refractivity contribution is 0.0948. The predicted octanol–water partition coefficient (Wildman–Crippen LogP) is 1.29. The molecule has 1 heterocycles. The summed E-state index contributed by atoms with van der Waals surface area (Å²) < 4.78 is 10.3. The van der Waals surface area contributed by atoms with Crippen LogP contribution < -0.4 is 10.2 Å². The minimum Gasteiger partial charge on any atom is -0.385 e. The number of amides is 1. The highest BCUT2D eigenvalue weighted by Gasteiger charge is 2.11. The molecule has 1 saturated heterocycles. The summed E-state index contributed by atoms with van der Waals surface area (Å²) >= 11 is 0. The van der Waals surface area contributed by atoms with E-state index in [0.29, 0.717) is 18.7 Å². The number of ether oxygens (including phenoxy) is 2. The summed E-state index contributed by atoms with van der Waals surface area (Å²) in [4.78, 5) is 14.2. The van der Waals surface area contributed by atoms with Gasteiger partial charge in [-0.05, 0) is 30.7 Å². The van der Waals surface area contributed by atoms with E-state index in [-0.39, 0.29) is 5.91 Å². The molecule has 110 valence electrons. The Morgan fingerprint density at radius 2 is 2.00 bits per heavy atom. The van der Waals surface area contributed by atoms with Gasteiger partial charge >= 0.3 is 0 Å². The summed E-state index contributed by atoms with van der Waals surface area (Å²) in [5.74, 6) is -0.0327. The van der Waals surface area contributed by atoms with Gasteiger partial charge in [0, 0.05) is 44.6 Å². The van der Waals surface area contributed by atoms with E-state index in [9.17, 15) is 4.79 Å². The first kappa shape index (κ1) is 14.8. The van der Waals surface area contributed by atoms with Crippen LogP contribution in [0.1, 0.15) is 16.8 Å². The number of morpholine rings is 1. The largest absolute Gasteiger partial charge is 0.385 e. The molecule has 1 fully saturated rings. The summed E-state index contributed by atoms with van der Waals surface area (Å²) in [7, 11) is 1.66. The molecule has 1 aliphatic rings. The van der Waals surface area contributed by atoms with E-state index < -0.39 is 0 Å². The minimum absolute atomic E-state index is 0.0327. The first-order valence-electron chi connectivity index (χ1n) is 7.01. The fraction of sp³-hybridized carbons (Fsp3) is 0.533. The lowest BCUT2D eigenvalue weighted by Crippen LogP contribution is -2.36. The first-order chi connectivity index (χ1) is 9.81. The van der Waals surface area contributed by atoms with Gasteiger partial charge in [0.2, 0.25) is 0 Å². The SMILES string of the molecule is COCCCNC(=O)c1ccc(N2CCOCC2)cc1. The van der Waals surface area contributed by atoms with Crippen molar-refractivity contribution in [2.75, 3.05) is 51.5 Å². The van der Waals surface area contributed by atoms with E-state index >= 15 is 0 Å². The van der Waals surface area contributed by atoms with Gasteiger partial charge in [0.05, 0.1) is 13.2 Å². The van der Waals surface area contributed by atoms with Gasteiger partial charge < -0.3 is 19.7 Å². The summed E-state index contributed by atoms with van der Waals surface area (Å²) in [5, 5.41) is 2.88. The van der Waals surface area contributed by atoms with Crippen LogP contribution >= 0.6 is 0 Å². The van der Waals surface area contributed by atoms with Crippen molar-refractivity contribution in [3.05, 3.63) is 29.8 Å². The Hall–Kier alpha value is -1.59. The molecular weight excluding hydrogens is 256 g/mol. The van der Waals surface area contributed by atoms with Gasteiger partial charge in [0.25, 0.3) is 5.91 Å². The van der Waals surface area contributed by atoms with Crippen molar-refractivity contribution >= 4 is 11.6 Å². The summed E-state index contributed by atoms with van der Waals surface area (Å²) in [6.07, 6.45) is 0.827. The molecule has 1 aromatic carbocycles. The Morgan fingerprint density at radius 3 is 2.65 bits per heavy atom. The van der Waals surface area contributed by atoms with E-state index in [0.717, 1.165) is 38.4 Å². The van der Waals surface area contributed by atoms with Gasteiger partial charge in [0.15, 0.2) is 0 Å². The van der Waals surface area contributed by atoms with E-state index in [2.05, 4.69) is 10.2 Å². The second-order valence-corrected chi connectivity index (χ2v) is 4.75. The third-order valence-electron chi connectivity index (χ3n) is 3.32. The molecule has 5 nitrogen and oxygen atoms in total. The van der Waals surface area contributed by atoms with Crippen LogP contribution in [0.2, 0.25) is 0 Å². The highest BCUT2D eigenvalue weighted by Crippen LogP contribution is 2.16. The Labute approximate surface area is 119 Å². The van der Waals surface area contributed by atoms with E-state index in [1.807, 2.05) is 24.3 Å². The van der Waals surface area contributed by atoms with Crippen molar-refractivity contribution in [3.8, 4) is 0 Å². The fourth-order valence-electron chi connectivity index (χ4n) is 2.17. The summed E-state index contributed by atoms with van der Waals surface area (Å²) in [6, 6.07) is 7.73. The van der Waals surface area contributed by atoms with Gasteiger partial charge in [-0.3, -0.25) is 4.79 Å². The molecule has 0 radical (unpaired) electrons. The van der Waals surface area contributed by atoms with Gasteiger partial charge in [-0.2, -0.15) is 0 Å². The first-order valence-corrected chi connectivity index (χ1v) is 7.01. The standard InChI is InChI=1S/C15H22N2O3/c1-19-10-2-7-16-15(18)13-3-5-14(6-4-13)17-8-11-20-12-9-17/h3-6H,2,7-12H2,1H3,(H,16,18). The number of rotatable bonds is 6. The second kappa shape index (κ2) is 7.87. The third-order valence-corrected chi connectivity index (χ3v) is 3.32. The molecule has 5 heteroatoms. The normalized spacial score (nSPS) is 15.2. The number of hydrogen-bond donors (Lipinski definition) is 1. The Bertz CT molecular complexity index is 414. The smallest absolute Gasteiger partial charge is 0.251 e. The van der Waals surface area contributed by atoms with Gasteiger partial charge in [-0.1, -0.05) is 0 Å². The molecule has 1 amide bonds. The van der Waals surface area contributed by atoms with Crippen molar-refractivity contribution < 1.29 is 14.3 Å². The number of methoxy groups -OCH3 is 1. The van der Waals surface area contributed by atoms with Crippen LogP contribution in [0.3, 0.4) is 0 Å². The summed E-state index contributed by atoms with van der Waals surface area (Å²) in [5.41, 5.74) is 1.84. The van der Waals surface area contributed by atoms with Crippen LogP contribution in [0, 0.1) is 0 Å². The third kappa shape index (κ3) is 4.21. The highest BCUT2D eigenvalue weighted by atomic mass is 16.5. The number of anilines is 1. The molecule has 0 atom stereocenters. The molecule has 0 unspecified atom stereocenters. The van der Waals surface area contributed by atoms with Crippen LogP contribution in [-0.2, 0) is 9.47 Å². The number of nitrogens with one attached hydrogen (secondary N) is 1. The Balaban J connectivity index is 1.85. The average molecular weight is 278 g/mol. The van der Waals surface area contributed by atoms with Crippen molar-refractivity contribution in [1.82, 2.24) is 5.32 Å². The molecule has 0 bridgehead atoms. The molecule has 1 aliphatic heterocycles. The average Bonchev–Trinajstić information content (AvgIpc) is 2.52. The molecule has 0 aliphatic carbocycles. The Kier molecular flexibility index (Phi) is 5.83. The molecule has 1 aromatic rings. The highest BCUT2D eigenvalue weighted by molar-refractivity contribution is 5.94. The quantitative estimate of drug-likeness (QED) is 0.797. The monoisotopic (exact) mass is 278 g/mol. The minimum atomic E-state index is -0.0327. The van der Waals surface area contributed by atoms with E-state index in [1.54, 1.807) is 7.11 Å². The Morgan fingerprint density at radius 1 is 1.30 bits per heavy atom. The maximum atomic E-state index is 11.9. The molecular formula is C15H22N2O3. The van der Waals surface area contributed by atoms with Gasteiger partial charge in [0.1, 0.15) is 0 Å². The molecule has 20 heavy (non-hydrogen) atoms. The van der Waals surface area contributed by atoms with Crippen LogP contribution in [0.15, 0.2) is 24.3 Å². The zero-order valence-corrected chi connectivity index (χ0v) is 11.9. The fourth-order valence-corrected chi connectivity index (χ4v) is 2.17. The van der Waals surface area contributed by atoms with Crippen LogP contribution in [0.5, 0.6) is 0 Å². The van der Waals surface area contributed by atoms with E-state index in [1.165, 1.54) is 0 Å². The molecule has 0 aromatic heterocycles. The maximum absolute atomic E-state index is 11.9.